The van der Waals surface area contributed by atoms with Crippen molar-refractivity contribution in [1.82, 2.24) is 0 Å². The lowest BCUT2D eigenvalue weighted by Gasteiger charge is -2.59. The third-order valence-electron chi connectivity index (χ3n) is 10.8. The van der Waals surface area contributed by atoms with Gasteiger partial charge in [-0.25, -0.2) is 0 Å². The van der Waals surface area contributed by atoms with Crippen LogP contribution in [0.25, 0.3) is 0 Å². The fourth-order valence-corrected chi connectivity index (χ4v) is 8.22. The third-order valence-corrected chi connectivity index (χ3v) is 10.8. The highest BCUT2D eigenvalue weighted by molar-refractivity contribution is 5.50. The average molecular weight is 425 g/mol. The van der Waals surface area contributed by atoms with Gasteiger partial charge in [-0.05, 0) is 102 Å². The summed E-state index contributed by atoms with van der Waals surface area (Å²) in [6.07, 6.45) is 16.0. The van der Waals surface area contributed by atoms with E-state index in [1.54, 1.807) is 16.7 Å². The number of aliphatic hydroxyl groups is 1. The average Bonchev–Trinajstić information content (AvgIpc) is 3.06. The number of allylic oxidation sites excluding steroid dienone is 6. The summed E-state index contributed by atoms with van der Waals surface area (Å²) in [6, 6.07) is 0. The second kappa shape index (κ2) is 7.89. The Balaban J connectivity index is 1.61. The van der Waals surface area contributed by atoms with Crippen LogP contribution in [0.5, 0.6) is 0 Å². The van der Waals surface area contributed by atoms with Crippen molar-refractivity contribution in [3.05, 3.63) is 34.9 Å². The van der Waals surface area contributed by atoms with E-state index in [9.17, 15) is 5.11 Å². The largest absolute Gasteiger partial charge is 0.393 e. The molecule has 1 heteroatoms. The van der Waals surface area contributed by atoms with Crippen molar-refractivity contribution in [3.63, 3.8) is 0 Å². The van der Waals surface area contributed by atoms with Gasteiger partial charge >= 0.3 is 0 Å². The Morgan fingerprint density at radius 3 is 2.32 bits per heavy atom. The maximum atomic E-state index is 10.8. The van der Waals surface area contributed by atoms with Crippen molar-refractivity contribution in [2.24, 2.45) is 45.8 Å². The van der Waals surface area contributed by atoms with E-state index in [-0.39, 0.29) is 16.9 Å². The van der Waals surface area contributed by atoms with Gasteiger partial charge in [-0.3, -0.25) is 0 Å². The molecule has 0 heterocycles. The molecule has 1 N–H and O–H groups in total. The van der Waals surface area contributed by atoms with Gasteiger partial charge in [0, 0.05) is 0 Å². The molecule has 0 aromatic rings. The number of hydrogen-bond donors (Lipinski definition) is 1. The molecule has 0 amide bonds. The molecule has 4 aliphatic carbocycles. The fourth-order valence-electron chi connectivity index (χ4n) is 8.22. The molecule has 1 nitrogen and oxygen atoms in total. The summed E-state index contributed by atoms with van der Waals surface area (Å²) in [6.45, 7) is 19.3. The van der Waals surface area contributed by atoms with Crippen molar-refractivity contribution < 1.29 is 5.11 Å². The molecule has 0 aromatic heterocycles. The molecule has 0 bridgehead atoms. The smallest absolute Gasteiger partial charge is 0.0594 e. The molecule has 0 aromatic carbocycles. The molecular formula is C30H48O. The first kappa shape index (κ1) is 23.3. The van der Waals surface area contributed by atoms with Gasteiger partial charge < -0.3 is 5.11 Å². The van der Waals surface area contributed by atoms with Crippen LogP contribution in [0.2, 0.25) is 0 Å². The van der Waals surface area contributed by atoms with Gasteiger partial charge in [0.15, 0.2) is 0 Å². The minimum atomic E-state index is -0.141. The minimum Gasteiger partial charge on any atom is -0.393 e. The lowest BCUT2D eigenvalue weighted by molar-refractivity contribution is -0.0904. The van der Waals surface area contributed by atoms with E-state index in [1.807, 2.05) is 0 Å². The molecule has 7 atom stereocenters. The molecule has 4 rings (SSSR count). The number of fused-ring (bicyclic) bond motifs is 4. The maximum Gasteiger partial charge on any atom is 0.0594 e. The van der Waals surface area contributed by atoms with E-state index in [1.165, 1.54) is 38.5 Å². The zero-order valence-electron chi connectivity index (χ0n) is 21.6. The number of rotatable bonds is 4. The van der Waals surface area contributed by atoms with Gasteiger partial charge in [-0.1, -0.05) is 79.2 Å². The van der Waals surface area contributed by atoms with Crippen LogP contribution in [0.15, 0.2) is 34.9 Å². The van der Waals surface area contributed by atoms with E-state index in [0.717, 1.165) is 12.3 Å². The normalized spacial score (nSPS) is 41.6. The first-order valence-corrected chi connectivity index (χ1v) is 13.2. The number of hydrogen-bond acceptors (Lipinski definition) is 1. The Hall–Kier alpha value is -0.820. The highest BCUT2D eigenvalue weighted by Gasteiger charge is 2.57. The van der Waals surface area contributed by atoms with Crippen LogP contribution >= 0.6 is 0 Å². The third kappa shape index (κ3) is 3.53. The highest BCUT2D eigenvalue weighted by Crippen LogP contribution is 2.66. The molecule has 1 fully saturated rings. The Kier molecular flexibility index (Phi) is 5.94. The molecule has 174 valence electrons. The van der Waals surface area contributed by atoms with Gasteiger partial charge in [0.05, 0.1) is 6.10 Å². The molecule has 4 aliphatic rings. The molecule has 0 spiro atoms. The first-order valence-electron chi connectivity index (χ1n) is 13.2. The fraction of sp³-hybridized carbons (Fsp3) is 0.800. The molecule has 0 radical (unpaired) electrons. The van der Waals surface area contributed by atoms with E-state index in [4.69, 9.17) is 0 Å². The standard InChI is InChI=1S/C30H48O/c1-19(2)20(3)9-10-21(4)23-12-13-24-22-11-14-26-28(5,6)27(31)16-18-30(26,8)25(22)15-17-29(23,24)7/h9-10,13,19-21,23,26-27,31H,11-12,14-18H2,1-8H3/t20-,21+,23+,26-,27-,29+,30+/m0/s1. The molecule has 0 saturated heterocycles. The molecule has 0 aliphatic heterocycles. The van der Waals surface area contributed by atoms with Crippen LogP contribution < -0.4 is 0 Å². The van der Waals surface area contributed by atoms with E-state index in [2.05, 4.69) is 73.6 Å². The predicted octanol–water partition coefficient (Wildman–Crippen LogP) is 8.11. The highest BCUT2D eigenvalue weighted by atomic mass is 16.3. The Labute approximate surface area is 192 Å². The summed E-state index contributed by atoms with van der Waals surface area (Å²) in [5.41, 5.74) is 5.91. The summed E-state index contributed by atoms with van der Waals surface area (Å²) in [7, 11) is 0. The summed E-state index contributed by atoms with van der Waals surface area (Å²) < 4.78 is 0. The summed E-state index contributed by atoms with van der Waals surface area (Å²) in [5.74, 6) is 3.36. The van der Waals surface area contributed by atoms with Crippen LogP contribution in [0, 0.1) is 45.8 Å². The quantitative estimate of drug-likeness (QED) is 0.452. The second-order valence-electron chi connectivity index (χ2n) is 13.1. The Morgan fingerprint density at radius 2 is 1.65 bits per heavy atom. The molecule has 31 heavy (non-hydrogen) atoms. The SMILES string of the molecule is CC(C)[C@@H](C)C=C[C@@H](C)[C@H]1CC=C2C3=C(CC[C@@]21C)[C@@]1(C)CC[C@H](O)C(C)(C)[C@@H]1CC3. The van der Waals surface area contributed by atoms with Gasteiger partial charge in [-0.15, -0.1) is 0 Å². The summed E-state index contributed by atoms with van der Waals surface area (Å²) in [5, 5.41) is 10.8. The lowest BCUT2D eigenvalue weighted by Crippen LogP contribution is -2.53. The Morgan fingerprint density at radius 1 is 0.935 bits per heavy atom. The van der Waals surface area contributed by atoms with E-state index in [0.29, 0.717) is 29.1 Å². The van der Waals surface area contributed by atoms with Crippen molar-refractivity contribution >= 4 is 0 Å². The van der Waals surface area contributed by atoms with Crippen molar-refractivity contribution in [2.75, 3.05) is 0 Å². The minimum absolute atomic E-state index is 0.0330. The predicted molar refractivity (Wildman–Crippen MR) is 133 cm³/mol. The van der Waals surface area contributed by atoms with Gasteiger partial charge in [-0.2, -0.15) is 0 Å². The van der Waals surface area contributed by atoms with E-state index >= 15 is 0 Å². The zero-order chi connectivity index (χ0) is 22.8. The van der Waals surface area contributed by atoms with Crippen molar-refractivity contribution in [3.8, 4) is 0 Å². The Bertz CT molecular complexity index is 795. The van der Waals surface area contributed by atoms with Crippen molar-refractivity contribution in [1.29, 1.82) is 0 Å². The molecule has 0 unspecified atom stereocenters. The maximum absolute atomic E-state index is 10.8. The van der Waals surface area contributed by atoms with Crippen LogP contribution in [-0.4, -0.2) is 11.2 Å². The lowest BCUT2D eigenvalue weighted by atomic mass is 9.46. The van der Waals surface area contributed by atoms with Crippen LogP contribution in [0.3, 0.4) is 0 Å². The number of aliphatic hydroxyl groups excluding tert-OH is 1. The molecule has 1 saturated carbocycles. The van der Waals surface area contributed by atoms with E-state index < -0.39 is 0 Å². The monoisotopic (exact) mass is 424 g/mol. The van der Waals surface area contributed by atoms with Gasteiger partial charge in [0.25, 0.3) is 0 Å². The first-order chi connectivity index (χ1) is 14.4. The summed E-state index contributed by atoms with van der Waals surface area (Å²) in [4.78, 5) is 0. The van der Waals surface area contributed by atoms with Crippen LogP contribution in [0.4, 0.5) is 0 Å². The molecular weight excluding hydrogens is 376 g/mol. The van der Waals surface area contributed by atoms with Crippen molar-refractivity contribution in [2.45, 2.75) is 106 Å². The second-order valence-corrected chi connectivity index (χ2v) is 13.1. The van der Waals surface area contributed by atoms with Crippen LogP contribution in [-0.2, 0) is 0 Å². The zero-order valence-corrected chi connectivity index (χ0v) is 21.6. The topological polar surface area (TPSA) is 20.2 Å². The van der Waals surface area contributed by atoms with Crippen LogP contribution in [0.1, 0.15) is 100 Å². The van der Waals surface area contributed by atoms with Gasteiger partial charge in [0.1, 0.15) is 0 Å². The summed E-state index contributed by atoms with van der Waals surface area (Å²) >= 11 is 0. The van der Waals surface area contributed by atoms with Gasteiger partial charge in [0.2, 0.25) is 0 Å².